The van der Waals surface area contributed by atoms with Gasteiger partial charge >= 0.3 is 0 Å². The van der Waals surface area contributed by atoms with Crippen molar-refractivity contribution in [2.24, 2.45) is 0 Å². The van der Waals surface area contributed by atoms with Crippen molar-refractivity contribution in [3.05, 3.63) is 109 Å². The first-order chi connectivity index (χ1) is 28.9. The molecule has 274 valence electrons. The van der Waals surface area contributed by atoms with Gasteiger partial charge in [-0.25, -0.2) is 15.0 Å². The summed E-state index contributed by atoms with van der Waals surface area (Å²) in [5.41, 5.74) is 22.8. The van der Waals surface area contributed by atoms with Gasteiger partial charge in [0.25, 0.3) is 0 Å². The van der Waals surface area contributed by atoms with E-state index in [9.17, 15) is 0 Å². The Kier molecular flexibility index (Phi) is 9.02. The van der Waals surface area contributed by atoms with Crippen molar-refractivity contribution in [3.63, 3.8) is 0 Å². The summed E-state index contributed by atoms with van der Waals surface area (Å²) in [6, 6.07) is 38.8. The van der Waals surface area contributed by atoms with E-state index in [1.807, 2.05) is 0 Å². The van der Waals surface area contributed by atoms with Crippen molar-refractivity contribution in [3.8, 4) is 51.0 Å². The van der Waals surface area contributed by atoms with Gasteiger partial charge in [0.2, 0.25) is 0 Å². The van der Waals surface area contributed by atoms with Crippen LogP contribution in [0.5, 0.6) is 0 Å². The normalized spacial score (nSPS) is 11.7. The van der Waals surface area contributed by atoms with Gasteiger partial charge in [-0.15, -0.1) is 32.8 Å². The van der Waals surface area contributed by atoms with Crippen LogP contribution in [-0.4, -0.2) is 98.0 Å². The van der Waals surface area contributed by atoms with E-state index in [1.54, 1.807) is 0 Å². The fourth-order valence-electron chi connectivity index (χ4n) is 9.65. The highest BCUT2D eigenvalue weighted by molar-refractivity contribution is 6.70. The predicted octanol–water partition coefficient (Wildman–Crippen LogP) is -5.88. The average molecular weight is 759 g/mol. The number of fused-ring (bicyclic) bond motifs is 6. The molecule has 3 heterocycles. The lowest BCUT2D eigenvalue weighted by molar-refractivity contribution is 0.670. The number of benzene rings is 7. The van der Waals surface area contributed by atoms with E-state index in [1.165, 1.54) is 76.4 Å². The van der Waals surface area contributed by atoms with Crippen LogP contribution in [0.15, 0.2) is 114 Å². The van der Waals surface area contributed by atoms with Gasteiger partial charge in [0, 0.05) is 49.5 Å². The van der Waals surface area contributed by atoms with Gasteiger partial charge in [-0.2, -0.15) is 0 Å². The summed E-state index contributed by atoms with van der Waals surface area (Å²) in [4.78, 5) is 16.2. The third kappa shape index (κ3) is 5.65. The van der Waals surface area contributed by atoms with Crippen LogP contribution in [-0.2, 0) is 0 Å². The zero-order chi connectivity index (χ0) is 41.7. The van der Waals surface area contributed by atoms with Crippen molar-refractivity contribution in [2.75, 3.05) is 0 Å². The number of aromatic nitrogens is 4. The molecule has 0 spiro atoms. The van der Waals surface area contributed by atoms with Crippen LogP contribution < -0.4 is 54.6 Å². The van der Waals surface area contributed by atoms with E-state index >= 15 is 0 Å². The maximum atomic E-state index is 6.89. The third-order valence-electron chi connectivity index (χ3n) is 13.8. The van der Waals surface area contributed by atoms with Crippen LogP contribution in [0, 0.1) is 0 Å². The second kappa shape index (κ2) is 14.2. The smallest absolute Gasteiger partial charge is 0.164 e. The maximum Gasteiger partial charge on any atom is 0.164 e. The minimum atomic E-state index is 0.633. The Morgan fingerprint density at radius 3 is 1.53 bits per heavy atom. The summed E-state index contributed by atoms with van der Waals surface area (Å²) < 4.78 is 9.24. The molecule has 0 aliphatic heterocycles. The molecule has 15 heteroatoms. The first-order valence-electron chi connectivity index (χ1n) is 20.9. The predicted molar refractivity (Wildman–Crippen MR) is 285 cm³/mol. The molecule has 0 fully saturated rings. The molecular weight excluding hydrogens is 721 g/mol. The molecule has 5 nitrogen and oxygen atoms in total. The topological polar surface area (TPSA) is 56.7 Å². The Morgan fingerprint density at radius 1 is 0.400 bits per heavy atom. The summed E-state index contributed by atoms with van der Waals surface area (Å²) in [5.74, 6) is 2.02. The summed E-state index contributed by atoms with van der Waals surface area (Å²) >= 11 is 0. The lowest BCUT2D eigenvalue weighted by Crippen LogP contribution is -2.55. The molecule has 0 unspecified atom stereocenters. The molecule has 7 aromatic carbocycles. The molecule has 0 aliphatic rings. The number of nitrogens with zero attached hydrogens (tertiary/aromatic N) is 4. The molecule has 0 bridgehead atoms. The van der Waals surface area contributed by atoms with Crippen LogP contribution in [0.3, 0.4) is 0 Å². The summed E-state index contributed by atoms with van der Waals surface area (Å²) in [7, 11) is 22.1. The number of hydrogen-bond donors (Lipinski definition) is 0. The molecule has 0 aliphatic carbocycles. The van der Waals surface area contributed by atoms with Crippen molar-refractivity contribution >= 4 is 177 Å². The number of hydrogen-bond acceptors (Lipinski definition) is 4. The van der Waals surface area contributed by atoms with Gasteiger partial charge < -0.3 is 8.98 Å². The van der Waals surface area contributed by atoms with Crippen molar-refractivity contribution in [1.29, 1.82) is 0 Å². The first kappa shape index (κ1) is 38.0. The van der Waals surface area contributed by atoms with E-state index in [4.69, 9.17) is 19.4 Å². The van der Waals surface area contributed by atoms with Gasteiger partial charge in [-0.1, -0.05) is 94.6 Å². The second-order valence-electron chi connectivity index (χ2n) is 16.7. The fraction of sp³-hybridized carbons (Fsp3) is 0. The van der Waals surface area contributed by atoms with Gasteiger partial charge in [-0.3, -0.25) is 0 Å². The quantitative estimate of drug-likeness (QED) is 0.165. The highest BCUT2D eigenvalue weighted by Gasteiger charge is 2.24. The number of furan rings is 1. The summed E-state index contributed by atoms with van der Waals surface area (Å²) in [6.07, 6.45) is 0. The zero-order valence-corrected chi connectivity index (χ0v) is 36.1. The minimum absolute atomic E-state index is 0.633. The highest BCUT2D eigenvalue weighted by Crippen LogP contribution is 2.42. The largest absolute Gasteiger partial charge is 0.455 e. The molecule has 60 heavy (non-hydrogen) atoms. The Morgan fingerprint density at radius 2 is 0.900 bits per heavy atom. The molecule has 10 aromatic rings. The third-order valence-corrected chi connectivity index (χ3v) is 13.8. The van der Waals surface area contributed by atoms with Gasteiger partial charge in [0.1, 0.15) is 89.6 Å². The molecule has 3 aromatic heterocycles. The molecule has 0 atom stereocenters. The molecule has 0 saturated heterocycles. The lowest BCUT2D eigenvalue weighted by atomic mass is 9.60. The standard InChI is InChI=1S/C45H38B10N4O/c46-32-30(33(47)37(51)40(54)36(32)50)44-56-43(57-45(58-44)31-34(48)38(52)41(55)39(53)35(31)49)24-13-7-15-28-29(24)23-12-6-11-21(42(23)60-28)19-16-17-27-25(18-19)22-10-4-5-14-26(22)59(27)20-8-2-1-3-9-20/h1-18H,46-55H2. The van der Waals surface area contributed by atoms with Crippen LogP contribution >= 0.6 is 0 Å². The SMILES string of the molecule is Bc1c(B)c(B)c(-c2nc(-c3c(B)c(B)c(B)c(B)c3B)nc(-c3cccc4oc5c(-c6ccc7c(c6)c6ccccc6n7-c6ccccc6)cccc5c34)n2)c(B)c1B. The molecule has 10 rings (SSSR count). The van der Waals surface area contributed by atoms with Crippen LogP contribution in [0.1, 0.15) is 0 Å². The van der Waals surface area contributed by atoms with E-state index in [0.29, 0.717) is 17.5 Å². The van der Waals surface area contributed by atoms with Crippen LogP contribution in [0.25, 0.3) is 94.7 Å². The van der Waals surface area contributed by atoms with Gasteiger partial charge in [0.15, 0.2) is 17.5 Å². The van der Waals surface area contributed by atoms with E-state index in [0.717, 1.165) is 55.4 Å². The first-order valence-corrected chi connectivity index (χ1v) is 20.9. The maximum absolute atomic E-state index is 6.89. The van der Waals surface area contributed by atoms with Crippen molar-refractivity contribution in [2.45, 2.75) is 0 Å². The number of para-hydroxylation sites is 3. The molecule has 0 N–H and O–H groups in total. The fourth-order valence-corrected chi connectivity index (χ4v) is 9.65. The van der Waals surface area contributed by atoms with Crippen LogP contribution in [0.4, 0.5) is 0 Å². The average Bonchev–Trinajstić information content (AvgIpc) is 3.82. The van der Waals surface area contributed by atoms with E-state index in [-0.39, 0.29) is 0 Å². The van der Waals surface area contributed by atoms with Crippen molar-refractivity contribution < 1.29 is 4.42 Å². The zero-order valence-electron chi connectivity index (χ0n) is 36.1. The van der Waals surface area contributed by atoms with Crippen LogP contribution in [0.2, 0.25) is 0 Å². The van der Waals surface area contributed by atoms with Crippen molar-refractivity contribution in [1.82, 2.24) is 19.5 Å². The second-order valence-corrected chi connectivity index (χ2v) is 16.7. The van der Waals surface area contributed by atoms with E-state index in [2.05, 4.69) is 192 Å². The monoisotopic (exact) mass is 760 g/mol. The Balaban J connectivity index is 1.22. The Labute approximate surface area is 359 Å². The Bertz CT molecular complexity index is 3310. The molecule has 0 radical (unpaired) electrons. The summed E-state index contributed by atoms with van der Waals surface area (Å²) in [6.45, 7) is 0. The van der Waals surface area contributed by atoms with E-state index < -0.39 is 0 Å². The molecular formula is C45H38B10N4O. The Hall–Kier alpha value is -6.20. The molecule has 0 amide bonds. The number of rotatable bonds is 5. The summed E-state index contributed by atoms with van der Waals surface area (Å²) in [5, 5.41) is 4.43. The lowest BCUT2D eigenvalue weighted by Gasteiger charge is -2.22. The molecule has 0 saturated carbocycles. The van der Waals surface area contributed by atoms with Gasteiger partial charge in [-0.05, 0) is 42.0 Å². The highest BCUT2D eigenvalue weighted by atomic mass is 16.3. The van der Waals surface area contributed by atoms with Gasteiger partial charge in [0.05, 0.1) is 11.0 Å². The minimum Gasteiger partial charge on any atom is -0.455 e.